The van der Waals surface area contributed by atoms with Gasteiger partial charge in [-0.3, -0.25) is 0 Å². The van der Waals surface area contributed by atoms with Crippen LogP contribution in [0.1, 0.15) is 0 Å². The number of ether oxygens (including phenoxy) is 2. The lowest BCUT2D eigenvalue weighted by Gasteiger charge is -2.09. The fourth-order valence-corrected chi connectivity index (χ4v) is 1.70. The van der Waals surface area contributed by atoms with Crippen molar-refractivity contribution in [2.45, 2.75) is 0 Å². The fourth-order valence-electron chi connectivity index (χ4n) is 1.30. The summed E-state index contributed by atoms with van der Waals surface area (Å²) < 4.78 is 11.3. The van der Waals surface area contributed by atoms with Crippen LogP contribution >= 0.6 is 15.9 Å². The van der Waals surface area contributed by atoms with Gasteiger partial charge in [0, 0.05) is 6.07 Å². The van der Waals surface area contributed by atoms with Gasteiger partial charge in [-0.25, -0.2) is 15.8 Å². The molecule has 3 N–H and O–H groups in total. The van der Waals surface area contributed by atoms with E-state index in [4.69, 9.17) is 15.3 Å². The average Bonchev–Trinajstić information content (AvgIpc) is 2.41. The third-order valence-electron chi connectivity index (χ3n) is 2.15. The first-order valence-electron chi connectivity index (χ1n) is 5.03. The minimum atomic E-state index is 0.367. The zero-order chi connectivity index (χ0) is 13.0. The second-order valence-corrected chi connectivity index (χ2v) is 4.06. The van der Waals surface area contributed by atoms with Crippen LogP contribution in [0, 0.1) is 0 Å². The Morgan fingerprint density at radius 1 is 1.28 bits per heavy atom. The molecule has 18 heavy (non-hydrogen) atoms. The predicted octanol–water partition coefficient (Wildman–Crippen LogP) is 2.33. The largest absolute Gasteiger partial charge is 0.497 e. The van der Waals surface area contributed by atoms with Crippen molar-refractivity contribution >= 4 is 21.7 Å². The van der Waals surface area contributed by atoms with Gasteiger partial charge in [0.2, 0.25) is 5.88 Å². The molecule has 0 aliphatic rings. The summed E-state index contributed by atoms with van der Waals surface area (Å²) in [6.45, 7) is 0. The Morgan fingerprint density at radius 3 is 2.78 bits per heavy atom. The summed E-state index contributed by atoms with van der Waals surface area (Å²) in [5, 5.41) is 0. The molecule has 0 unspecified atom stereocenters. The van der Waals surface area contributed by atoms with E-state index >= 15 is 0 Å². The Hall–Kier alpha value is -1.86. The van der Waals surface area contributed by atoms with Crippen LogP contribution in [0.4, 0.5) is 5.82 Å². The van der Waals surface area contributed by atoms with Gasteiger partial charge in [0.05, 0.1) is 7.11 Å². The molecule has 1 aromatic carbocycles. The molecule has 1 heterocycles. The molecular weight excluding hydrogens is 300 g/mol. The highest BCUT2D eigenvalue weighted by Crippen LogP contribution is 2.32. The van der Waals surface area contributed by atoms with E-state index in [0.29, 0.717) is 27.7 Å². The maximum absolute atomic E-state index is 5.62. The molecule has 0 spiro atoms. The molecule has 0 bridgehead atoms. The molecule has 2 aromatic rings. The Balaban J connectivity index is 2.28. The van der Waals surface area contributed by atoms with E-state index in [1.165, 1.54) is 6.33 Å². The van der Waals surface area contributed by atoms with Gasteiger partial charge in [-0.2, -0.15) is 0 Å². The van der Waals surface area contributed by atoms with Crippen molar-refractivity contribution < 1.29 is 9.47 Å². The number of nitrogen functional groups attached to an aromatic ring is 1. The van der Waals surface area contributed by atoms with Gasteiger partial charge >= 0.3 is 0 Å². The van der Waals surface area contributed by atoms with Crippen LogP contribution in [-0.2, 0) is 0 Å². The van der Waals surface area contributed by atoms with Crippen LogP contribution in [0.3, 0.4) is 0 Å². The van der Waals surface area contributed by atoms with Crippen LogP contribution in [0.15, 0.2) is 35.1 Å². The second kappa shape index (κ2) is 5.65. The monoisotopic (exact) mass is 310 g/mol. The summed E-state index contributed by atoms with van der Waals surface area (Å²) in [5.41, 5.74) is 2.44. The molecule has 7 heteroatoms. The second-order valence-electron chi connectivity index (χ2n) is 3.27. The van der Waals surface area contributed by atoms with Crippen molar-refractivity contribution in [3.8, 4) is 17.4 Å². The number of hydrazine groups is 1. The summed E-state index contributed by atoms with van der Waals surface area (Å²) >= 11 is 3.31. The van der Waals surface area contributed by atoms with Crippen molar-refractivity contribution in [1.29, 1.82) is 0 Å². The van der Waals surface area contributed by atoms with E-state index in [0.717, 1.165) is 0 Å². The Morgan fingerprint density at radius 2 is 2.06 bits per heavy atom. The Bertz CT molecular complexity index is 550. The molecule has 0 saturated heterocycles. The van der Waals surface area contributed by atoms with E-state index in [2.05, 4.69) is 31.3 Å². The standard InChI is InChI=1S/C11H11BrN4O2/c1-17-7-3-2-4-8(5-7)18-11-9(12)10(16-13)14-6-15-11/h2-6H,13H2,1H3,(H,14,15,16). The summed E-state index contributed by atoms with van der Waals surface area (Å²) in [4.78, 5) is 7.96. The number of hydrogen-bond donors (Lipinski definition) is 2. The summed E-state index contributed by atoms with van der Waals surface area (Å²) in [7, 11) is 1.59. The van der Waals surface area contributed by atoms with Crippen LogP contribution in [-0.4, -0.2) is 17.1 Å². The number of hydrogen-bond acceptors (Lipinski definition) is 6. The topological polar surface area (TPSA) is 82.3 Å². The predicted molar refractivity (Wildman–Crippen MR) is 70.6 cm³/mol. The van der Waals surface area contributed by atoms with Crippen LogP contribution in [0.5, 0.6) is 17.4 Å². The van der Waals surface area contributed by atoms with Crippen molar-refractivity contribution in [2.24, 2.45) is 5.84 Å². The van der Waals surface area contributed by atoms with E-state index < -0.39 is 0 Å². The van der Waals surface area contributed by atoms with Gasteiger partial charge < -0.3 is 14.9 Å². The number of methoxy groups -OCH3 is 1. The smallest absolute Gasteiger partial charge is 0.238 e. The molecule has 0 aliphatic carbocycles. The molecule has 0 amide bonds. The first kappa shape index (κ1) is 12.6. The summed E-state index contributed by atoms with van der Waals surface area (Å²) in [6.07, 6.45) is 1.36. The lowest BCUT2D eigenvalue weighted by atomic mass is 10.3. The number of anilines is 1. The quantitative estimate of drug-likeness (QED) is 0.666. The minimum absolute atomic E-state index is 0.367. The van der Waals surface area contributed by atoms with E-state index in [-0.39, 0.29) is 0 Å². The Labute approximate surface area is 112 Å². The number of nitrogens with one attached hydrogen (secondary N) is 1. The van der Waals surface area contributed by atoms with Gasteiger partial charge in [0.25, 0.3) is 0 Å². The molecule has 94 valence electrons. The lowest BCUT2D eigenvalue weighted by Crippen LogP contribution is -2.09. The third-order valence-corrected chi connectivity index (χ3v) is 2.86. The number of halogens is 1. The molecule has 0 atom stereocenters. The maximum atomic E-state index is 5.62. The van der Waals surface area contributed by atoms with Gasteiger partial charge in [-0.15, -0.1) is 0 Å². The van der Waals surface area contributed by atoms with Gasteiger partial charge in [-0.05, 0) is 28.1 Å². The highest BCUT2D eigenvalue weighted by atomic mass is 79.9. The third kappa shape index (κ3) is 2.69. The van der Waals surface area contributed by atoms with Crippen LogP contribution < -0.4 is 20.7 Å². The normalized spacial score (nSPS) is 9.94. The van der Waals surface area contributed by atoms with Crippen molar-refractivity contribution in [3.05, 3.63) is 35.1 Å². The fraction of sp³-hybridized carbons (Fsp3) is 0.0909. The molecular formula is C11H11BrN4O2. The maximum Gasteiger partial charge on any atom is 0.238 e. The van der Waals surface area contributed by atoms with Gasteiger partial charge in [0.1, 0.15) is 22.3 Å². The number of aromatic nitrogens is 2. The number of benzene rings is 1. The molecule has 1 aromatic heterocycles. The average molecular weight is 311 g/mol. The SMILES string of the molecule is COc1cccc(Oc2ncnc(NN)c2Br)c1. The number of rotatable bonds is 4. The highest BCUT2D eigenvalue weighted by molar-refractivity contribution is 9.10. The molecule has 6 nitrogen and oxygen atoms in total. The summed E-state index contributed by atoms with van der Waals surface area (Å²) in [5.74, 6) is 7.44. The van der Waals surface area contributed by atoms with E-state index in [1.54, 1.807) is 19.2 Å². The number of nitrogens with two attached hydrogens (primary N) is 1. The lowest BCUT2D eigenvalue weighted by molar-refractivity contribution is 0.407. The highest BCUT2D eigenvalue weighted by Gasteiger charge is 2.10. The van der Waals surface area contributed by atoms with E-state index in [1.807, 2.05) is 12.1 Å². The zero-order valence-electron chi connectivity index (χ0n) is 9.55. The van der Waals surface area contributed by atoms with Gasteiger partial charge in [-0.1, -0.05) is 6.07 Å². The van der Waals surface area contributed by atoms with Crippen molar-refractivity contribution in [3.63, 3.8) is 0 Å². The van der Waals surface area contributed by atoms with Crippen molar-refractivity contribution in [2.75, 3.05) is 12.5 Å². The van der Waals surface area contributed by atoms with Crippen molar-refractivity contribution in [1.82, 2.24) is 9.97 Å². The summed E-state index contributed by atoms with van der Waals surface area (Å²) in [6, 6.07) is 7.21. The van der Waals surface area contributed by atoms with E-state index in [9.17, 15) is 0 Å². The first-order valence-corrected chi connectivity index (χ1v) is 5.83. The molecule has 0 aliphatic heterocycles. The Kier molecular flexibility index (Phi) is 3.96. The van der Waals surface area contributed by atoms with Gasteiger partial charge in [0.15, 0.2) is 5.82 Å². The molecule has 0 saturated carbocycles. The molecule has 0 radical (unpaired) electrons. The zero-order valence-corrected chi connectivity index (χ0v) is 11.1. The van der Waals surface area contributed by atoms with Crippen LogP contribution in [0.2, 0.25) is 0 Å². The number of nitrogens with zero attached hydrogens (tertiary/aromatic N) is 2. The van der Waals surface area contributed by atoms with Crippen LogP contribution in [0.25, 0.3) is 0 Å². The minimum Gasteiger partial charge on any atom is -0.497 e. The molecule has 0 fully saturated rings. The molecule has 2 rings (SSSR count). The first-order chi connectivity index (χ1) is 8.74.